The van der Waals surface area contributed by atoms with Gasteiger partial charge in [-0.25, -0.2) is 0 Å². The molecular weight excluding hydrogens is 719 g/mol. The van der Waals surface area contributed by atoms with E-state index in [1.165, 1.54) is 65.7 Å². The highest BCUT2D eigenvalue weighted by Gasteiger charge is 2.22. The van der Waals surface area contributed by atoms with E-state index in [2.05, 4.69) is 194 Å². The van der Waals surface area contributed by atoms with Crippen LogP contribution in [0.3, 0.4) is 0 Å². The Morgan fingerprint density at radius 1 is 0.268 bits per heavy atom. The summed E-state index contributed by atoms with van der Waals surface area (Å²) in [5.74, 6) is 0. The van der Waals surface area contributed by atoms with Crippen LogP contribution in [0.4, 0.5) is 0 Å². The fourth-order valence-electron chi connectivity index (χ4n) is 9.20. The van der Waals surface area contributed by atoms with Crippen molar-refractivity contribution >= 4 is 87.8 Å². The Morgan fingerprint density at radius 2 is 0.643 bits per heavy atom. The van der Waals surface area contributed by atoms with Crippen LogP contribution in [0.25, 0.3) is 109 Å². The van der Waals surface area contributed by atoms with Gasteiger partial charge in [0.25, 0.3) is 0 Å². The third-order valence-corrected chi connectivity index (χ3v) is 12.3. The number of benzene rings is 11. The molecule has 0 spiro atoms. The molecule has 0 aliphatic rings. The highest BCUT2D eigenvalue weighted by atomic mass is 35.5. The van der Waals surface area contributed by atoms with Crippen LogP contribution in [-0.4, -0.2) is 0 Å². The molecule has 2 heteroatoms. The summed E-state index contributed by atoms with van der Waals surface area (Å²) < 4.78 is 0. The molecule has 0 saturated carbocycles. The summed E-state index contributed by atoms with van der Waals surface area (Å²) in [7, 11) is 0. The van der Waals surface area contributed by atoms with Gasteiger partial charge in [0.1, 0.15) is 0 Å². The average molecular weight is 752 g/mol. The van der Waals surface area contributed by atoms with Gasteiger partial charge in [-0.3, -0.25) is 0 Å². The van der Waals surface area contributed by atoms with Gasteiger partial charge in [0.05, 0.1) is 5.02 Å². The largest absolute Gasteiger partial charge is 0.0836 e. The first-order valence-corrected chi connectivity index (χ1v) is 19.7. The number of fused-ring (bicyclic) bond motifs is 7. The highest BCUT2D eigenvalue weighted by Crippen LogP contribution is 2.50. The van der Waals surface area contributed by atoms with Crippen molar-refractivity contribution in [3.05, 3.63) is 204 Å². The van der Waals surface area contributed by atoms with Gasteiger partial charge in [-0.05, 0) is 105 Å². The smallest absolute Gasteiger partial charge is 0.0564 e. The lowest BCUT2D eigenvalue weighted by molar-refractivity contribution is 1.66. The minimum atomic E-state index is 0.682. The Bertz CT molecular complexity index is 3250. The van der Waals surface area contributed by atoms with Gasteiger partial charge in [0.2, 0.25) is 0 Å². The van der Waals surface area contributed by atoms with Crippen molar-refractivity contribution in [3.8, 4) is 44.5 Å². The molecule has 0 fully saturated rings. The SMILES string of the molecule is Clc1c(-c2c3ccccc3c(-c3ccccc3)c3ccccc23)cc(Cl)c2c1ccc1cc(-c3c4ccccc4c(-c4ccccc4)c4ccccc34)ccc12. The number of halogens is 2. The molecule has 0 radical (unpaired) electrons. The van der Waals surface area contributed by atoms with Gasteiger partial charge < -0.3 is 0 Å². The molecular formula is C54H32Cl2. The van der Waals surface area contributed by atoms with Gasteiger partial charge in [0, 0.05) is 21.4 Å². The van der Waals surface area contributed by atoms with E-state index in [1.54, 1.807) is 0 Å². The van der Waals surface area contributed by atoms with Crippen LogP contribution in [0.15, 0.2) is 194 Å². The Kier molecular flexibility index (Phi) is 7.71. The second-order valence-electron chi connectivity index (χ2n) is 14.6. The monoisotopic (exact) mass is 750 g/mol. The zero-order valence-electron chi connectivity index (χ0n) is 30.2. The summed E-state index contributed by atoms with van der Waals surface area (Å²) in [6.07, 6.45) is 0. The van der Waals surface area contributed by atoms with E-state index in [0.29, 0.717) is 10.0 Å². The summed E-state index contributed by atoms with van der Waals surface area (Å²) in [5.41, 5.74) is 9.32. The molecule has 262 valence electrons. The molecule has 0 saturated heterocycles. The maximum atomic E-state index is 7.57. The molecule has 0 amide bonds. The van der Waals surface area contributed by atoms with Gasteiger partial charge >= 0.3 is 0 Å². The fourth-order valence-corrected chi connectivity index (χ4v) is 9.82. The van der Waals surface area contributed by atoms with E-state index in [9.17, 15) is 0 Å². The topological polar surface area (TPSA) is 0 Å². The number of hydrogen-bond acceptors (Lipinski definition) is 0. The Morgan fingerprint density at radius 3 is 1.09 bits per heavy atom. The predicted molar refractivity (Wildman–Crippen MR) is 243 cm³/mol. The zero-order chi connectivity index (χ0) is 37.3. The van der Waals surface area contributed by atoms with Crippen molar-refractivity contribution < 1.29 is 0 Å². The van der Waals surface area contributed by atoms with Crippen molar-refractivity contribution in [1.29, 1.82) is 0 Å². The van der Waals surface area contributed by atoms with E-state index in [-0.39, 0.29) is 0 Å². The minimum absolute atomic E-state index is 0.682. The van der Waals surface area contributed by atoms with E-state index in [1.807, 2.05) is 0 Å². The molecule has 0 bridgehead atoms. The van der Waals surface area contributed by atoms with Crippen molar-refractivity contribution in [3.63, 3.8) is 0 Å². The summed E-state index contributed by atoms with van der Waals surface area (Å²) in [5, 5.41) is 15.1. The maximum Gasteiger partial charge on any atom is 0.0564 e. The van der Waals surface area contributed by atoms with Crippen molar-refractivity contribution in [2.24, 2.45) is 0 Å². The molecule has 0 aromatic heterocycles. The van der Waals surface area contributed by atoms with Gasteiger partial charge in [0.15, 0.2) is 0 Å². The van der Waals surface area contributed by atoms with Gasteiger partial charge in [-0.1, -0.05) is 205 Å². The average Bonchev–Trinajstić information content (AvgIpc) is 3.26. The summed E-state index contributed by atoms with van der Waals surface area (Å²) in [6.45, 7) is 0. The van der Waals surface area contributed by atoms with Crippen molar-refractivity contribution in [2.75, 3.05) is 0 Å². The lowest BCUT2D eigenvalue weighted by Gasteiger charge is -2.20. The zero-order valence-corrected chi connectivity index (χ0v) is 31.7. The molecule has 0 aliphatic heterocycles. The molecule has 0 N–H and O–H groups in total. The maximum absolute atomic E-state index is 7.57. The van der Waals surface area contributed by atoms with E-state index >= 15 is 0 Å². The normalized spacial score (nSPS) is 11.8. The van der Waals surface area contributed by atoms with Gasteiger partial charge in [-0.15, -0.1) is 0 Å². The summed E-state index contributed by atoms with van der Waals surface area (Å²) in [6, 6.07) is 69.5. The molecule has 0 aliphatic carbocycles. The van der Waals surface area contributed by atoms with E-state index in [0.717, 1.165) is 43.4 Å². The molecule has 0 atom stereocenters. The summed E-state index contributed by atoms with van der Waals surface area (Å²) >= 11 is 15.0. The highest BCUT2D eigenvalue weighted by molar-refractivity contribution is 6.45. The first-order chi connectivity index (χ1) is 27.7. The molecule has 0 nitrogen and oxygen atoms in total. The van der Waals surface area contributed by atoms with Crippen LogP contribution in [-0.2, 0) is 0 Å². The van der Waals surface area contributed by atoms with Crippen molar-refractivity contribution in [2.45, 2.75) is 0 Å². The van der Waals surface area contributed by atoms with Crippen LogP contribution in [0.1, 0.15) is 0 Å². The van der Waals surface area contributed by atoms with E-state index in [4.69, 9.17) is 23.2 Å². The Hall–Kier alpha value is -6.44. The van der Waals surface area contributed by atoms with Crippen LogP contribution < -0.4 is 0 Å². The third-order valence-electron chi connectivity index (χ3n) is 11.5. The van der Waals surface area contributed by atoms with Crippen LogP contribution in [0.2, 0.25) is 10.0 Å². The molecule has 56 heavy (non-hydrogen) atoms. The molecule has 0 unspecified atom stereocenters. The quantitative estimate of drug-likeness (QED) is 0.124. The molecule has 11 aromatic rings. The number of hydrogen-bond donors (Lipinski definition) is 0. The standard InChI is InChI=1S/C54H32Cl2/c55-48-32-47(52-44-25-13-11-23-42(44)50(34-17-5-2-6-18-34)43-24-12-14-26-45(43)52)54(56)46-30-27-35-31-36(28-29-37(35)53(46)48)51-40-21-9-7-19-38(40)49(33-15-3-1-4-16-33)39-20-8-10-22-41(39)51/h1-32H. The molecule has 11 rings (SSSR count). The van der Waals surface area contributed by atoms with Crippen LogP contribution >= 0.6 is 23.2 Å². The molecule has 0 heterocycles. The minimum Gasteiger partial charge on any atom is -0.0836 e. The first kappa shape index (κ1) is 32.9. The van der Waals surface area contributed by atoms with Crippen molar-refractivity contribution in [1.82, 2.24) is 0 Å². The first-order valence-electron chi connectivity index (χ1n) is 19.0. The lowest BCUT2D eigenvalue weighted by atomic mass is 9.84. The third kappa shape index (κ3) is 5.00. The second-order valence-corrected chi connectivity index (χ2v) is 15.3. The van der Waals surface area contributed by atoms with Crippen LogP contribution in [0.5, 0.6) is 0 Å². The number of rotatable bonds is 4. The fraction of sp³-hybridized carbons (Fsp3) is 0. The Labute approximate surface area is 334 Å². The van der Waals surface area contributed by atoms with E-state index < -0.39 is 0 Å². The van der Waals surface area contributed by atoms with Crippen LogP contribution in [0, 0.1) is 0 Å². The molecule has 11 aromatic carbocycles. The predicted octanol–water partition coefficient (Wildman–Crippen LogP) is 16.6. The summed E-state index contributed by atoms with van der Waals surface area (Å²) in [4.78, 5) is 0. The van der Waals surface area contributed by atoms with Gasteiger partial charge in [-0.2, -0.15) is 0 Å². The Balaban J connectivity index is 1.13. The second kappa shape index (κ2) is 13.1. The lowest BCUT2D eigenvalue weighted by Crippen LogP contribution is -1.93.